The van der Waals surface area contributed by atoms with Crippen LogP contribution in [0.2, 0.25) is 0 Å². The van der Waals surface area contributed by atoms with E-state index in [9.17, 15) is 15.1 Å². The highest BCUT2D eigenvalue weighted by atomic mass is 16.3. The molecule has 17 rings (SSSR count). The van der Waals surface area contributed by atoms with E-state index in [1.165, 1.54) is 0 Å². The van der Waals surface area contributed by atoms with Crippen molar-refractivity contribution in [2.45, 2.75) is 0 Å². The minimum absolute atomic E-state index is 0.189. The standard InChI is InChI=1S/C40H24O.C36H22O/c1-2-11-26-22-28(21-20-25(26)10-1)39-30-14-3-5-16-32(30)40(33-17-6-4-15-31(33)39)34-18-9-12-27-23-36-29-13-7-8-19-37(29)41-38(36)24-35(27)34;1-2-11-23(12-3-1)35-26-15-4-6-17-28(26)36(29-18-7-5-16-27(29)35)30-19-10-13-24-21-32-25-14-8-9-20-33(25)37-34(32)22-31(24)30/h1-24H;1-22H/i1D,2D,3D,4D,5D,6D,7D,8D,9D,10D,11D,12D,13D,14D,15D,16D,17D,18D,19D,20D,21D,22D,23D,24D;4D,5D,6D,7D,15D,16D,17D,18D. The van der Waals surface area contributed by atoms with Gasteiger partial charge in [-0.3, -0.25) is 0 Å². The van der Waals surface area contributed by atoms with Gasteiger partial charge in [-0.15, -0.1) is 0 Å². The SMILES string of the molecule is [2H]c1c([2H])c([2H])c2c(-c3cccc4cc5c(cc34)oc3ccccc35)c3c([2H])c([2H])c([2H])c([2H])c3c(-c3ccccc3)c2c1[2H].[2H]c1c([2H])c([2H])c2c(oc3c([2H])c4c(-c5c6c([2H])c([2H])c([2H])c([2H])c6c(-c6c([2H])c([2H])c7c([2H])c([2H])c([2H])c([2H])c7c6[2H])c6c([2H])c([2H])c([2H])c([2H])c56)c([2H])c([2H])c([2H])c4c([2H])c32)c1[2H]. The molecule has 0 atom stereocenters. The van der Waals surface area contributed by atoms with Gasteiger partial charge in [0.05, 0.1) is 43.9 Å². The van der Waals surface area contributed by atoms with E-state index in [2.05, 4.69) is 0 Å². The third kappa shape index (κ3) is 6.90. The number of benzene rings is 15. The first-order valence-electron chi connectivity index (χ1n) is 40.2. The van der Waals surface area contributed by atoms with Gasteiger partial charge in [0, 0.05) is 21.5 Å². The van der Waals surface area contributed by atoms with Crippen molar-refractivity contribution < 1.29 is 52.7 Å². The van der Waals surface area contributed by atoms with Crippen LogP contribution in [0.5, 0.6) is 0 Å². The summed E-state index contributed by atoms with van der Waals surface area (Å²) >= 11 is 0. The van der Waals surface area contributed by atoms with E-state index in [0.29, 0.717) is 27.8 Å². The van der Waals surface area contributed by atoms with Crippen molar-refractivity contribution in [3.05, 3.63) is 278 Å². The molecule has 78 heavy (non-hydrogen) atoms. The van der Waals surface area contributed by atoms with E-state index in [0.717, 1.165) is 27.1 Å². The van der Waals surface area contributed by atoms with Crippen molar-refractivity contribution in [3.63, 3.8) is 0 Å². The van der Waals surface area contributed by atoms with Crippen LogP contribution in [0.4, 0.5) is 0 Å². The third-order valence-corrected chi connectivity index (χ3v) is 13.9. The van der Waals surface area contributed by atoms with E-state index in [1.807, 2.05) is 60.7 Å². The molecule has 0 N–H and O–H groups in total. The van der Waals surface area contributed by atoms with Gasteiger partial charge in [0.2, 0.25) is 0 Å². The summed E-state index contributed by atoms with van der Waals surface area (Å²) in [4.78, 5) is 0. The molecule has 2 heterocycles. The highest BCUT2D eigenvalue weighted by Crippen LogP contribution is 2.48. The molecule has 2 aromatic heterocycles. The topological polar surface area (TPSA) is 26.3 Å². The van der Waals surface area contributed by atoms with Crippen molar-refractivity contribution in [1.82, 2.24) is 0 Å². The van der Waals surface area contributed by atoms with Crippen molar-refractivity contribution in [3.8, 4) is 44.5 Å². The Morgan fingerprint density at radius 1 is 0.231 bits per heavy atom. The van der Waals surface area contributed by atoms with Gasteiger partial charge < -0.3 is 8.83 Å². The lowest BCUT2D eigenvalue weighted by Gasteiger charge is -2.19. The summed E-state index contributed by atoms with van der Waals surface area (Å²) in [6.07, 6.45) is 0. The summed E-state index contributed by atoms with van der Waals surface area (Å²) in [7, 11) is 0. The van der Waals surface area contributed by atoms with E-state index in [4.69, 9.17) is 37.6 Å². The number of fused-ring (bicyclic) bond motifs is 13. The predicted octanol–water partition coefficient (Wildman–Crippen LogP) is 21.9. The van der Waals surface area contributed by atoms with Gasteiger partial charge in [-0.2, -0.15) is 0 Å². The van der Waals surface area contributed by atoms with Crippen LogP contribution < -0.4 is 0 Å². The first kappa shape index (κ1) is 22.9. The first-order chi connectivity index (χ1) is 52.0. The molecule has 0 aliphatic carbocycles. The minimum Gasteiger partial charge on any atom is -0.456 e. The van der Waals surface area contributed by atoms with Gasteiger partial charge in [-0.05, 0) is 162 Å². The Labute approximate surface area is 494 Å². The average molecular weight is 1020 g/mol. The summed E-state index contributed by atoms with van der Waals surface area (Å²) < 4.78 is 297. The lowest BCUT2D eigenvalue weighted by Crippen LogP contribution is -1.91. The Kier molecular flexibility index (Phi) is 5.19. The predicted molar refractivity (Wildman–Crippen MR) is 332 cm³/mol. The van der Waals surface area contributed by atoms with E-state index in [-0.39, 0.29) is 56.5 Å². The van der Waals surface area contributed by atoms with Gasteiger partial charge in [-0.1, -0.05) is 236 Å². The van der Waals surface area contributed by atoms with Crippen molar-refractivity contribution in [2.75, 3.05) is 0 Å². The van der Waals surface area contributed by atoms with E-state index < -0.39 is 246 Å². The maximum atomic E-state index is 9.57. The average Bonchev–Trinajstić information content (AvgIpc) is 0.786. The Morgan fingerprint density at radius 3 is 1.47 bits per heavy atom. The van der Waals surface area contributed by atoms with Crippen LogP contribution in [-0.4, -0.2) is 0 Å². The Hall–Kier alpha value is -10.3. The number of furan rings is 2. The summed E-state index contributed by atoms with van der Waals surface area (Å²) in [6, 6.07) is 3.01. The second-order valence-electron chi connectivity index (χ2n) is 18.1. The number of hydrogen-bond donors (Lipinski definition) is 0. The molecule has 0 amide bonds. The molecule has 15 aromatic carbocycles. The Morgan fingerprint density at radius 2 is 0.782 bits per heavy atom. The monoisotopic (exact) mass is 1020 g/mol. The van der Waals surface area contributed by atoms with Gasteiger partial charge in [-0.25, -0.2) is 0 Å². The second kappa shape index (κ2) is 17.7. The van der Waals surface area contributed by atoms with E-state index >= 15 is 0 Å². The maximum Gasteiger partial charge on any atom is 0.136 e. The molecule has 17 aromatic rings. The molecule has 2 nitrogen and oxygen atoms in total. The van der Waals surface area contributed by atoms with Crippen LogP contribution in [0, 0.1) is 0 Å². The van der Waals surface area contributed by atoms with Gasteiger partial charge >= 0.3 is 0 Å². The second-order valence-corrected chi connectivity index (χ2v) is 18.1. The zero-order valence-electron chi connectivity index (χ0n) is 71.9. The maximum absolute atomic E-state index is 9.57. The summed E-state index contributed by atoms with van der Waals surface area (Å²) in [5.41, 5.74) is -0.596. The van der Waals surface area contributed by atoms with Gasteiger partial charge in [0.25, 0.3) is 0 Å². The lowest BCUT2D eigenvalue weighted by molar-refractivity contribution is 0.669. The molecule has 0 saturated carbocycles. The molecule has 0 fully saturated rings. The summed E-state index contributed by atoms with van der Waals surface area (Å²) in [5.74, 6) is 0. The lowest BCUT2D eigenvalue weighted by atomic mass is 9.84. The van der Waals surface area contributed by atoms with Gasteiger partial charge in [0.15, 0.2) is 0 Å². The Bertz CT molecular complexity index is 7070. The van der Waals surface area contributed by atoms with E-state index in [1.54, 1.807) is 24.3 Å². The quantitative estimate of drug-likeness (QED) is 0.164. The highest BCUT2D eigenvalue weighted by Gasteiger charge is 2.21. The van der Waals surface area contributed by atoms with Crippen LogP contribution in [0.25, 0.3) is 164 Å². The molecule has 0 unspecified atom stereocenters. The van der Waals surface area contributed by atoms with Crippen LogP contribution in [-0.2, 0) is 0 Å². The third-order valence-electron chi connectivity index (χ3n) is 13.9. The van der Waals surface area contributed by atoms with Crippen molar-refractivity contribution >= 4 is 119 Å². The molecule has 2 heteroatoms. The molecule has 0 radical (unpaired) electrons. The number of para-hydroxylation sites is 2. The molecule has 0 spiro atoms. The first-order valence-corrected chi connectivity index (χ1v) is 24.2. The van der Waals surface area contributed by atoms with Crippen molar-refractivity contribution in [1.29, 1.82) is 0 Å². The van der Waals surface area contributed by atoms with Crippen LogP contribution in [0.15, 0.2) is 287 Å². The molecule has 0 saturated heterocycles. The van der Waals surface area contributed by atoms with Crippen LogP contribution >= 0.6 is 0 Å². The molecule has 362 valence electrons. The minimum atomic E-state index is -0.949. The summed E-state index contributed by atoms with van der Waals surface area (Å²) in [6.45, 7) is 0. The van der Waals surface area contributed by atoms with Crippen molar-refractivity contribution in [2.24, 2.45) is 0 Å². The fraction of sp³-hybridized carbons (Fsp3) is 0. The normalized spacial score (nSPS) is 17.6. The molecule has 0 bridgehead atoms. The van der Waals surface area contributed by atoms with Crippen LogP contribution in [0.1, 0.15) is 43.9 Å². The molecule has 0 aliphatic rings. The zero-order chi connectivity index (χ0) is 79.1. The number of rotatable bonds is 4. The Balaban J connectivity index is 0.000000178. The zero-order valence-corrected chi connectivity index (χ0v) is 39.9. The van der Waals surface area contributed by atoms with Gasteiger partial charge in [0.1, 0.15) is 22.3 Å². The molecule has 0 aliphatic heterocycles. The van der Waals surface area contributed by atoms with Crippen LogP contribution in [0.3, 0.4) is 0 Å². The smallest absolute Gasteiger partial charge is 0.136 e. The molecular weight excluding hydrogens is 945 g/mol. The number of hydrogen-bond acceptors (Lipinski definition) is 2. The summed E-state index contributed by atoms with van der Waals surface area (Å²) in [5, 5.41) is -1.50. The fourth-order valence-corrected chi connectivity index (χ4v) is 10.6. The fourth-order valence-electron chi connectivity index (χ4n) is 10.6. The molecular formula is C76H46O2. The largest absolute Gasteiger partial charge is 0.456 e. The highest BCUT2D eigenvalue weighted by molar-refractivity contribution is 6.26.